The summed E-state index contributed by atoms with van der Waals surface area (Å²) in [6.07, 6.45) is 1.77. The summed E-state index contributed by atoms with van der Waals surface area (Å²) in [5.74, 6) is 0.368. The minimum Gasteiger partial charge on any atom is -0.368 e. The molecule has 56 valence electrons. The third kappa shape index (κ3) is 1.73. The van der Waals surface area contributed by atoms with Crippen molar-refractivity contribution in [2.24, 2.45) is 5.73 Å². The molecule has 4 N–H and O–H groups in total. The van der Waals surface area contributed by atoms with Crippen LogP contribution >= 0.6 is 0 Å². The molecule has 0 aliphatic rings. The second kappa shape index (κ2) is 3.22. The van der Waals surface area contributed by atoms with Gasteiger partial charge in [-0.3, -0.25) is 0 Å². The Morgan fingerprint density at radius 2 is 2.40 bits per heavy atom. The van der Waals surface area contributed by atoms with Crippen LogP contribution in [0.1, 0.15) is 12.1 Å². The van der Waals surface area contributed by atoms with Crippen molar-refractivity contribution in [3.63, 3.8) is 0 Å². The molecular weight excluding hydrogens is 130 g/mol. The summed E-state index contributed by atoms with van der Waals surface area (Å²) in [6.45, 7) is 0.673. The lowest BCUT2D eigenvalue weighted by atomic mass is 10.2. The smallest absolute Gasteiger partial charge is 0.222 e. The average molecular weight is 141 g/mol. The Balaban J connectivity index is 2.42. The highest BCUT2D eigenvalue weighted by molar-refractivity contribution is 5.24. The van der Waals surface area contributed by atoms with E-state index >= 15 is 0 Å². The third-order valence-corrected chi connectivity index (χ3v) is 1.21. The number of aromatic nitrogens is 1. The van der Waals surface area contributed by atoms with Gasteiger partial charge < -0.3 is 16.0 Å². The summed E-state index contributed by atoms with van der Waals surface area (Å²) < 4.78 is 4.65. The van der Waals surface area contributed by atoms with Gasteiger partial charge in [0.2, 0.25) is 5.88 Å². The molecule has 0 bridgehead atoms. The lowest BCUT2D eigenvalue weighted by Gasteiger charge is -1.88. The van der Waals surface area contributed by atoms with Crippen molar-refractivity contribution in [1.82, 2.24) is 5.16 Å². The van der Waals surface area contributed by atoms with Gasteiger partial charge in [0.05, 0.1) is 5.69 Å². The molecule has 0 spiro atoms. The Kier molecular flexibility index (Phi) is 2.28. The van der Waals surface area contributed by atoms with Gasteiger partial charge in [0, 0.05) is 6.07 Å². The van der Waals surface area contributed by atoms with Gasteiger partial charge in [-0.05, 0) is 19.4 Å². The molecule has 0 aliphatic carbocycles. The van der Waals surface area contributed by atoms with Crippen LogP contribution in [-0.4, -0.2) is 11.7 Å². The minimum absolute atomic E-state index is 0.368. The van der Waals surface area contributed by atoms with Crippen molar-refractivity contribution in [1.29, 1.82) is 0 Å². The molecule has 0 saturated heterocycles. The van der Waals surface area contributed by atoms with Crippen molar-refractivity contribution in [2.75, 3.05) is 12.3 Å². The fraction of sp³-hybridized carbons (Fsp3) is 0.500. The summed E-state index contributed by atoms with van der Waals surface area (Å²) in [5.41, 5.74) is 11.5. The van der Waals surface area contributed by atoms with Crippen LogP contribution in [-0.2, 0) is 6.42 Å². The zero-order chi connectivity index (χ0) is 7.40. The largest absolute Gasteiger partial charge is 0.368 e. The molecule has 0 aliphatic heterocycles. The lowest BCUT2D eigenvalue weighted by Crippen LogP contribution is -2.00. The minimum atomic E-state index is 0.368. The molecule has 1 aromatic rings. The van der Waals surface area contributed by atoms with E-state index < -0.39 is 0 Å². The summed E-state index contributed by atoms with van der Waals surface area (Å²) in [7, 11) is 0. The second-order valence-electron chi connectivity index (χ2n) is 2.11. The first-order chi connectivity index (χ1) is 4.83. The van der Waals surface area contributed by atoms with E-state index in [2.05, 4.69) is 9.68 Å². The average Bonchev–Trinajstić information content (AvgIpc) is 2.31. The molecule has 0 fully saturated rings. The summed E-state index contributed by atoms with van der Waals surface area (Å²) in [4.78, 5) is 0. The maximum atomic E-state index is 5.29. The van der Waals surface area contributed by atoms with E-state index in [1.807, 2.05) is 0 Å². The number of nitrogens with zero attached hydrogens (tertiary/aromatic N) is 1. The third-order valence-electron chi connectivity index (χ3n) is 1.21. The van der Waals surface area contributed by atoms with Crippen LogP contribution in [0.25, 0.3) is 0 Å². The van der Waals surface area contributed by atoms with E-state index in [9.17, 15) is 0 Å². The van der Waals surface area contributed by atoms with Gasteiger partial charge in [0.25, 0.3) is 0 Å². The van der Waals surface area contributed by atoms with Crippen molar-refractivity contribution in [2.45, 2.75) is 12.8 Å². The number of nitrogens with two attached hydrogens (primary N) is 2. The number of rotatable bonds is 3. The SMILES string of the molecule is NCCCc1cc(N)on1. The van der Waals surface area contributed by atoms with Crippen molar-refractivity contribution in [3.05, 3.63) is 11.8 Å². The van der Waals surface area contributed by atoms with E-state index in [0.29, 0.717) is 12.4 Å². The molecule has 0 atom stereocenters. The normalized spacial score (nSPS) is 10.1. The van der Waals surface area contributed by atoms with Crippen molar-refractivity contribution >= 4 is 5.88 Å². The van der Waals surface area contributed by atoms with E-state index in [-0.39, 0.29) is 0 Å². The summed E-state index contributed by atoms with van der Waals surface area (Å²) >= 11 is 0. The van der Waals surface area contributed by atoms with Gasteiger partial charge in [0.15, 0.2) is 0 Å². The molecule has 0 unspecified atom stereocenters. The molecule has 1 rings (SSSR count). The fourth-order valence-corrected chi connectivity index (χ4v) is 0.729. The van der Waals surface area contributed by atoms with Crippen LogP contribution in [0, 0.1) is 0 Å². The van der Waals surface area contributed by atoms with Crippen molar-refractivity contribution in [3.8, 4) is 0 Å². The number of aryl methyl sites for hydroxylation is 1. The first kappa shape index (κ1) is 7.08. The second-order valence-corrected chi connectivity index (χ2v) is 2.11. The summed E-state index contributed by atoms with van der Waals surface area (Å²) in [5, 5.41) is 3.70. The molecule has 1 aromatic heterocycles. The van der Waals surface area contributed by atoms with Crippen molar-refractivity contribution < 1.29 is 4.52 Å². The maximum absolute atomic E-state index is 5.29. The van der Waals surface area contributed by atoms with E-state index in [4.69, 9.17) is 11.5 Å². The molecule has 0 aromatic carbocycles. The van der Waals surface area contributed by atoms with E-state index in [0.717, 1.165) is 18.5 Å². The topological polar surface area (TPSA) is 78.1 Å². The van der Waals surface area contributed by atoms with Crippen LogP contribution < -0.4 is 11.5 Å². The summed E-state index contributed by atoms with van der Waals surface area (Å²) in [6, 6.07) is 1.72. The Bertz CT molecular complexity index is 197. The van der Waals surface area contributed by atoms with Gasteiger partial charge in [-0.2, -0.15) is 0 Å². The zero-order valence-electron chi connectivity index (χ0n) is 5.71. The number of nitrogen functional groups attached to an aromatic ring is 1. The number of hydrogen-bond donors (Lipinski definition) is 2. The quantitative estimate of drug-likeness (QED) is 0.628. The maximum Gasteiger partial charge on any atom is 0.222 e. The highest BCUT2D eigenvalue weighted by Gasteiger charge is 1.97. The van der Waals surface area contributed by atoms with Gasteiger partial charge in [-0.25, -0.2) is 0 Å². The highest BCUT2D eigenvalue weighted by atomic mass is 16.5. The number of hydrogen-bond acceptors (Lipinski definition) is 4. The number of anilines is 1. The van der Waals surface area contributed by atoms with E-state index in [1.165, 1.54) is 0 Å². The molecular formula is C6H11N3O. The Labute approximate surface area is 59.2 Å². The highest BCUT2D eigenvalue weighted by Crippen LogP contribution is 2.05. The molecule has 1 heterocycles. The Morgan fingerprint density at radius 1 is 1.60 bits per heavy atom. The van der Waals surface area contributed by atoms with Crippen LogP contribution in [0.4, 0.5) is 5.88 Å². The molecule has 10 heavy (non-hydrogen) atoms. The first-order valence-corrected chi connectivity index (χ1v) is 3.24. The van der Waals surface area contributed by atoms with Crippen LogP contribution in [0.3, 0.4) is 0 Å². The van der Waals surface area contributed by atoms with Crippen LogP contribution in [0.5, 0.6) is 0 Å². The molecule has 4 heteroatoms. The lowest BCUT2D eigenvalue weighted by molar-refractivity contribution is 0.427. The molecule has 0 radical (unpaired) electrons. The zero-order valence-corrected chi connectivity index (χ0v) is 5.71. The van der Waals surface area contributed by atoms with Crippen LogP contribution in [0.15, 0.2) is 10.6 Å². The van der Waals surface area contributed by atoms with Gasteiger partial charge >= 0.3 is 0 Å². The predicted molar refractivity (Wildman–Crippen MR) is 38.3 cm³/mol. The molecule has 0 amide bonds. The van der Waals surface area contributed by atoms with Crippen LogP contribution in [0.2, 0.25) is 0 Å². The first-order valence-electron chi connectivity index (χ1n) is 3.24. The molecule has 4 nitrogen and oxygen atoms in total. The standard InChI is InChI=1S/C6H11N3O/c7-3-1-2-5-4-6(8)10-9-5/h4H,1-3,7-8H2. The van der Waals surface area contributed by atoms with Gasteiger partial charge in [-0.15, -0.1) is 0 Å². The fourth-order valence-electron chi connectivity index (χ4n) is 0.729. The Hall–Kier alpha value is -1.03. The van der Waals surface area contributed by atoms with Gasteiger partial charge in [-0.1, -0.05) is 5.16 Å². The molecule has 0 saturated carbocycles. The monoisotopic (exact) mass is 141 g/mol. The van der Waals surface area contributed by atoms with E-state index in [1.54, 1.807) is 6.07 Å². The van der Waals surface area contributed by atoms with Gasteiger partial charge in [0.1, 0.15) is 0 Å². The predicted octanol–water partition coefficient (Wildman–Crippen LogP) is 0.148. The Morgan fingerprint density at radius 3 is 2.90 bits per heavy atom.